The molecule has 6 nitrogen and oxygen atoms in total. The van der Waals surface area contributed by atoms with Gasteiger partial charge in [0, 0.05) is 18.4 Å². The van der Waals surface area contributed by atoms with Crippen molar-refractivity contribution in [3.8, 4) is 5.75 Å². The van der Waals surface area contributed by atoms with Gasteiger partial charge in [0.25, 0.3) is 5.91 Å². The van der Waals surface area contributed by atoms with Gasteiger partial charge in [-0.15, -0.1) is 0 Å². The Labute approximate surface area is 142 Å². The number of rotatable bonds is 8. The molecule has 0 radical (unpaired) electrons. The van der Waals surface area contributed by atoms with Crippen molar-refractivity contribution in [2.24, 2.45) is 5.92 Å². The minimum Gasteiger partial charge on any atom is -0.494 e. The van der Waals surface area contributed by atoms with Gasteiger partial charge in [0.05, 0.1) is 6.61 Å². The number of aromatic nitrogens is 2. The van der Waals surface area contributed by atoms with Crippen molar-refractivity contribution >= 4 is 17.5 Å². The van der Waals surface area contributed by atoms with Crippen LogP contribution in [0.5, 0.6) is 5.75 Å². The highest BCUT2D eigenvalue weighted by Gasteiger charge is 2.09. The van der Waals surface area contributed by atoms with Crippen molar-refractivity contribution in [3.63, 3.8) is 0 Å². The van der Waals surface area contributed by atoms with Crippen molar-refractivity contribution in [3.05, 3.63) is 42.2 Å². The second-order valence-corrected chi connectivity index (χ2v) is 5.79. The lowest BCUT2D eigenvalue weighted by Crippen LogP contribution is -2.16. The van der Waals surface area contributed by atoms with E-state index in [0.29, 0.717) is 29.9 Å². The highest BCUT2D eigenvalue weighted by Crippen LogP contribution is 2.16. The second kappa shape index (κ2) is 8.86. The molecule has 0 unspecified atom stereocenters. The van der Waals surface area contributed by atoms with Gasteiger partial charge >= 0.3 is 0 Å². The van der Waals surface area contributed by atoms with E-state index >= 15 is 0 Å². The maximum Gasteiger partial charge on any atom is 0.274 e. The molecule has 1 amide bonds. The first kappa shape index (κ1) is 17.7. The van der Waals surface area contributed by atoms with Crippen LogP contribution >= 0.6 is 0 Å². The van der Waals surface area contributed by atoms with Crippen LogP contribution in [0, 0.1) is 5.92 Å². The maximum absolute atomic E-state index is 12.3. The van der Waals surface area contributed by atoms with E-state index in [1.165, 1.54) is 0 Å². The van der Waals surface area contributed by atoms with Crippen molar-refractivity contribution in [2.75, 3.05) is 23.8 Å². The van der Waals surface area contributed by atoms with Crippen molar-refractivity contribution in [1.82, 2.24) is 9.97 Å². The number of ether oxygens (including phenoxy) is 1. The SMILES string of the molecule is CCOc1ccc(NC(=O)c2ccnc(NCCC(C)C)n2)cc1. The van der Waals surface area contributed by atoms with E-state index < -0.39 is 0 Å². The average molecular weight is 328 g/mol. The van der Waals surface area contributed by atoms with Crippen molar-refractivity contribution in [2.45, 2.75) is 27.2 Å². The van der Waals surface area contributed by atoms with E-state index in [-0.39, 0.29) is 5.91 Å². The van der Waals surface area contributed by atoms with Gasteiger partial charge in [-0.25, -0.2) is 9.97 Å². The molecular weight excluding hydrogens is 304 g/mol. The molecule has 0 saturated carbocycles. The molecule has 0 atom stereocenters. The monoisotopic (exact) mass is 328 g/mol. The molecule has 2 N–H and O–H groups in total. The Morgan fingerprint density at radius 1 is 1.21 bits per heavy atom. The summed E-state index contributed by atoms with van der Waals surface area (Å²) >= 11 is 0. The molecular formula is C18H24N4O2. The lowest BCUT2D eigenvalue weighted by atomic mass is 10.1. The number of benzene rings is 1. The Kier molecular flexibility index (Phi) is 6.54. The van der Waals surface area contributed by atoms with Crippen LogP contribution in [0.2, 0.25) is 0 Å². The largest absolute Gasteiger partial charge is 0.494 e. The summed E-state index contributed by atoms with van der Waals surface area (Å²) in [6.07, 6.45) is 2.60. The summed E-state index contributed by atoms with van der Waals surface area (Å²) in [4.78, 5) is 20.7. The number of hydrogen-bond donors (Lipinski definition) is 2. The second-order valence-electron chi connectivity index (χ2n) is 5.79. The summed E-state index contributed by atoms with van der Waals surface area (Å²) in [6, 6.07) is 8.82. The van der Waals surface area contributed by atoms with Gasteiger partial charge in [-0.05, 0) is 49.6 Å². The van der Waals surface area contributed by atoms with Crippen molar-refractivity contribution in [1.29, 1.82) is 0 Å². The molecule has 1 aromatic heterocycles. The Balaban J connectivity index is 1.96. The maximum atomic E-state index is 12.3. The van der Waals surface area contributed by atoms with Crippen LogP contribution in [0.1, 0.15) is 37.7 Å². The lowest BCUT2D eigenvalue weighted by molar-refractivity contribution is 0.102. The van der Waals surface area contributed by atoms with Gasteiger partial charge in [-0.3, -0.25) is 4.79 Å². The number of nitrogens with one attached hydrogen (secondary N) is 2. The van der Waals surface area contributed by atoms with Crippen LogP contribution in [-0.4, -0.2) is 29.0 Å². The fraction of sp³-hybridized carbons (Fsp3) is 0.389. The predicted molar refractivity (Wildman–Crippen MR) is 95.5 cm³/mol. The fourth-order valence-corrected chi connectivity index (χ4v) is 2.04. The molecule has 128 valence electrons. The summed E-state index contributed by atoms with van der Waals surface area (Å²) in [5, 5.41) is 5.95. The van der Waals surface area contributed by atoms with Crippen LogP contribution in [0.25, 0.3) is 0 Å². The number of anilines is 2. The molecule has 0 saturated heterocycles. The molecule has 0 spiro atoms. The summed E-state index contributed by atoms with van der Waals surface area (Å²) in [5.74, 6) is 1.57. The summed E-state index contributed by atoms with van der Waals surface area (Å²) in [7, 11) is 0. The summed E-state index contributed by atoms with van der Waals surface area (Å²) in [5.41, 5.74) is 1.02. The molecule has 1 aromatic carbocycles. The molecule has 24 heavy (non-hydrogen) atoms. The molecule has 2 aromatic rings. The summed E-state index contributed by atoms with van der Waals surface area (Å²) < 4.78 is 5.38. The van der Waals surface area contributed by atoms with E-state index in [1.54, 1.807) is 24.4 Å². The van der Waals surface area contributed by atoms with Crippen molar-refractivity contribution < 1.29 is 9.53 Å². The molecule has 6 heteroatoms. The quantitative estimate of drug-likeness (QED) is 0.774. The van der Waals surface area contributed by atoms with Crippen LogP contribution in [0.4, 0.5) is 11.6 Å². The lowest BCUT2D eigenvalue weighted by Gasteiger charge is -2.09. The zero-order valence-electron chi connectivity index (χ0n) is 14.4. The number of carbonyl (C=O) groups excluding carboxylic acids is 1. The van der Waals surface area contributed by atoms with E-state index in [4.69, 9.17) is 4.74 Å². The normalized spacial score (nSPS) is 10.5. The topological polar surface area (TPSA) is 76.1 Å². The zero-order valence-corrected chi connectivity index (χ0v) is 14.4. The minimum absolute atomic E-state index is 0.270. The highest BCUT2D eigenvalue weighted by atomic mass is 16.5. The molecule has 0 fully saturated rings. The van der Waals surface area contributed by atoms with Gasteiger partial charge in [0.15, 0.2) is 0 Å². The van der Waals surface area contributed by atoms with E-state index in [0.717, 1.165) is 18.7 Å². The smallest absolute Gasteiger partial charge is 0.274 e. The van der Waals surface area contributed by atoms with Gasteiger partial charge in [0.1, 0.15) is 11.4 Å². The van der Waals surface area contributed by atoms with Crippen LogP contribution in [0.15, 0.2) is 36.5 Å². The van der Waals surface area contributed by atoms with Gasteiger partial charge < -0.3 is 15.4 Å². The Morgan fingerprint density at radius 2 is 1.96 bits per heavy atom. The number of amides is 1. The first-order valence-corrected chi connectivity index (χ1v) is 8.19. The highest BCUT2D eigenvalue weighted by molar-refractivity contribution is 6.02. The zero-order chi connectivity index (χ0) is 17.4. The molecule has 1 heterocycles. The summed E-state index contributed by atoms with van der Waals surface area (Å²) in [6.45, 7) is 7.63. The first-order valence-electron chi connectivity index (χ1n) is 8.19. The minimum atomic E-state index is -0.270. The number of carbonyl (C=O) groups is 1. The Hall–Kier alpha value is -2.63. The van der Waals surface area contributed by atoms with Crippen LogP contribution in [0.3, 0.4) is 0 Å². The van der Waals surface area contributed by atoms with Crippen LogP contribution in [-0.2, 0) is 0 Å². The van der Waals surface area contributed by atoms with Crippen LogP contribution < -0.4 is 15.4 Å². The third-order valence-electron chi connectivity index (χ3n) is 3.32. The van der Waals surface area contributed by atoms with E-state index in [1.807, 2.05) is 19.1 Å². The standard InChI is InChI=1S/C18H24N4O2/c1-4-24-15-7-5-14(6-8-15)21-17(23)16-10-12-20-18(22-16)19-11-9-13(2)3/h5-8,10,12-13H,4,9,11H2,1-3H3,(H,21,23)(H,19,20,22). The Bertz CT molecular complexity index is 656. The number of nitrogens with zero attached hydrogens (tertiary/aromatic N) is 2. The molecule has 2 rings (SSSR count). The van der Waals surface area contributed by atoms with Gasteiger partial charge in [0.2, 0.25) is 5.95 Å². The average Bonchev–Trinajstić information content (AvgIpc) is 2.57. The fourth-order valence-electron chi connectivity index (χ4n) is 2.04. The van der Waals surface area contributed by atoms with Gasteiger partial charge in [-0.1, -0.05) is 13.8 Å². The molecule has 0 bridgehead atoms. The number of hydrogen-bond acceptors (Lipinski definition) is 5. The molecule has 0 aliphatic carbocycles. The molecule has 0 aliphatic heterocycles. The predicted octanol–water partition coefficient (Wildman–Crippen LogP) is 3.59. The third kappa shape index (κ3) is 5.53. The van der Waals surface area contributed by atoms with E-state index in [2.05, 4.69) is 34.4 Å². The molecule has 0 aliphatic rings. The van der Waals surface area contributed by atoms with E-state index in [9.17, 15) is 4.79 Å². The van der Waals surface area contributed by atoms with Gasteiger partial charge in [-0.2, -0.15) is 0 Å². The first-order chi connectivity index (χ1) is 11.6. The third-order valence-corrected chi connectivity index (χ3v) is 3.32. The Morgan fingerprint density at radius 3 is 2.62 bits per heavy atom.